The van der Waals surface area contributed by atoms with Crippen LogP contribution in [0.15, 0.2) is 35.2 Å². The van der Waals surface area contributed by atoms with Crippen molar-refractivity contribution in [1.82, 2.24) is 19.9 Å². The molecule has 0 spiro atoms. The molecule has 6 heteroatoms. The molecule has 2 aromatic heterocycles. The van der Waals surface area contributed by atoms with E-state index in [0.29, 0.717) is 6.04 Å². The van der Waals surface area contributed by atoms with Crippen LogP contribution in [-0.4, -0.2) is 26.5 Å². The Morgan fingerprint density at radius 3 is 2.69 bits per heavy atom. The van der Waals surface area contributed by atoms with Crippen molar-refractivity contribution in [2.24, 2.45) is 0 Å². The van der Waals surface area contributed by atoms with Gasteiger partial charge >= 0.3 is 0 Å². The van der Waals surface area contributed by atoms with Gasteiger partial charge in [0.1, 0.15) is 12.2 Å². The van der Waals surface area contributed by atoms with Crippen molar-refractivity contribution in [1.29, 1.82) is 0 Å². The molecule has 26 heavy (non-hydrogen) atoms. The molecule has 5 nitrogen and oxygen atoms in total. The summed E-state index contributed by atoms with van der Waals surface area (Å²) in [6.07, 6.45) is 8.51. The summed E-state index contributed by atoms with van der Waals surface area (Å²) in [4.78, 5) is 21.9. The average molecular weight is 369 g/mol. The number of amides is 1. The zero-order chi connectivity index (χ0) is 17.8. The summed E-state index contributed by atoms with van der Waals surface area (Å²) in [7, 11) is 0. The lowest BCUT2D eigenvalue weighted by atomic mass is 9.97. The van der Waals surface area contributed by atoms with Gasteiger partial charge < -0.3 is 9.88 Å². The van der Waals surface area contributed by atoms with Gasteiger partial charge in [-0.1, -0.05) is 44.2 Å². The summed E-state index contributed by atoms with van der Waals surface area (Å²) in [5.74, 6) is 0.829. The molecule has 2 heterocycles. The predicted octanol–water partition coefficient (Wildman–Crippen LogP) is 4.39. The van der Waals surface area contributed by atoms with E-state index in [-0.39, 0.29) is 12.5 Å². The smallest absolute Gasteiger partial charge is 0.240 e. The summed E-state index contributed by atoms with van der Waals surface area (Å²) in [6, 6.07) is 8.26. The number of para-hydroxylation sites is 2. The minimum atomic E-state index is 0.0650. The van der Waals surface area contributed by atoms with Gasteiger partial charge in [0.15, 0.2) is 5.82 Å². The summed E-state index contributed by atoms with van der Waals surface area (Å²) in [5.41, 5.74) is 4.50. The number of carbonyl (C=O) groups is 1. The lowest BCUT2D eigenvalue weighted by Crippen LogP contribution is -2.37. The fourth-order valence-corrected chi connectivity index (χ4v) is 4.30. The van der Waals surface area contributed by atoms with Crippen LogP contribution >= 0.6 is 11.3 Å². The third-order valence-corrected chi connectivity index (χ3v) is 5.67. The summed E-state index contributed by atoms with van der Waals surface area (Å²) >= 11 is 1.54. The second-order valence-corrected chi connectivity index (χ2v) is 7.71. The van der Waals surface area contributed by atoms with E-state index in [2.05, 4.69) is 10.3 Å². The van der Waals surface area contributed by atoms with E-state index < -0.39 is 0 Å². The molecule has 0 unspecified atom stereocenters. The average Bonchev–Trinajstić information content (AvgIpc) is 3.25. The number of nitrogens with zero attached hydrogens (tertiary/aromatic N) is 3. The number of fused-ring (bicyclic) bond motifs is 1. The Morgan fingerprint density at radius 2 is 1.92 bits per heavy atom. The van der Waals surface area contributed by atoms with Crippen molar-refractivity contribution in [3.05, 3.63) is 35.2 Å². The molecule has 0 atom stereocenters. The Bertz CT molecular complexity index is 863. The zero-order valence-corrected chi connectivity index (χ0v) is 15.7. The number of hydrogen-bond acceptors (Lipinski definition) is 4. The van der Waals surface area contributed by atoms with Gasteiger partial charge in [-0.3, -0.25) is 4.79 Å². The molecule has 1 saturated carbocycles. The maximum absolute atomic E-state index is 12.8. The molecule has 0 radical (unpaired) electrons. The number of rotatable bonds is 4. The van der Waals surface area contributed by atoms with Crippen molar-refractivity contribution in [2.75, 3.05) is 0 Å². The number of imidazole rings is 1. The maximum atomic E-state index is 12.8. The van der Waals surface area contributed by atoms with Gasteiger partial charge in [0.2, 0.25) is 5.91 Å². The van der Waals surface area contributed by atoms with Crippen LogP contribution in [0.4, 0.5) is 0 Å². The molecule has 1 fully saturated rings. The number of thiazole rings is 1. The first-order valence-corrected chi connectivity index (χ1v) is 10.4. The number of benzene rings is 1. The van der Waals surface area contributed by atoms with E-state index in [9.17, 15) is 4.79 Å². The molecular weight excluding hydrogens is 344 g/mol. The quantitative estimate of drug-likeness (QED) is 0.743. The Balaban J connectivity index is 1.56. The molecule has 1 aromatic carbocycles. The molecule has 1 N–H and O–H groups in total. The second-order valence-electron chi connectivity index (χ2n) is 6.99. The van der Waals surface area contributed by atoms with Crippen LogP contribution in [0.25, 0.3) is 22.6 Å². The standard InChI is InChI=1S/C20H24N4OS/c25-19(22-15-8-4-2-1-3-5-9-15)12-24-18-11-7-6-10-16(18)23-20(24)17-13-26-14-21-17/h6-7,10-11,13-15H,1-5,8-9,12H2,(H,22,25). The van der Waals surface area contributed by atoms with Crippen LogP contribution < -0.4 is 5.32 Å². The number of carbonyl (C=O) groups excluding carboxylic acids is 1. The van der Waals surface area contributed by atoms with Crippen LogP contribution in [0.3, 0.4) is 0 Å². The topological polar surface area (TPSA) is 59.8 Å². The first-order valence-electron chi connectivity index (χ1n) is 9.44. The molecule has 1 aliphatic carbocycles. The van der Waals surface area contributed by atoms with Crippen LogP contribution in [-0.2, 0) is 11.3 Å². The zero-order valence-electron chi connectivity index (χ0n) is 14.9. The third kappa shape index (κ3) is 3.80. The Hall–Kier alpha value is -2.21. The van der Waals surface area contributed by atoms with E-state index >= 15 is 0 Å². The normalized spacial score (nSPS) is 16.3. The van der Waals surface area contributed by atoms with Gasteiger partial charge in [0, 0.05) is 11.4 Å². The van der Waals surface area contributed by atoms with Crippen molar-refractivity contribution in [3.63, 3.8) is 0 Å². The van der Waals surface area contributed by atoms with Gasteiger partial charge in [0.05, 0.1) is 16.5 Å². The van der Waals surface area contributed by atoms with E-state index in [0.717, 1.165) is 35.4 Å². The molecule has 1 aliphatic rings. The number of hydrogen-bond donors (Lipinski definition) is 1. The van der Waals surface area contributed by atoms with Crippen molar-refractivity contribution in [2.45, 2.75) is 57.5 Å². The summed E-state index contributed by atoms with van der Waals surface area (Å²) in [6.45, 7) is 0.282. The number of aromatic nitrogens is 3. The van der Waals surface area contributed by atoms with Gasteiger partial charge in [-0.2, -0.15) is 0 Å². The SMILES string of the molecule is O=C(Cn1c(-c2cscn2)nc2ccccc21)NC1CCCCCCC1. The van der Waals surface area contributed by atoms with Gasteiger partial charge in [-0.25, -0.2) is 9.97 Å². The fraction of sp³-hybridized carbons (Fsp3) is 0.450. The molecule has 136 valence electrons. The van der Waals surface area contributed by atoms with E-state index in [1.807, 2.05) is 34.2 Å². The Morgan fingerprint density at radius 1 is 1.15 bits per heavy atom. The van der Waals surface area contributed by atoms with Crippen molar-refractivity contribution < 1.29 is 4.79 Å². The van der Waals surface area contributed by atoms with Crippen LogP contribution in [0.2, 0.25) is 0 Å². The monoisotopic (exact) mass is 368 g/mol. The Kier molecular flexibility index (Phi) is 5.29. The van der Waals surface area contributed by atoms with E-state index in [1.54, 1.807) is 5.51 Å². The van der Waals surface area contributed by atoms with Crippen molar-refractivity contribution in [3.8, 4) is 11.5 Å². The second kappa shape index (κ2) is 7.99. The van der Waals surface area contributed by atoms with E-state index in [4.69, 9.17) is 4.98 Å². The van der Waals surface area contributed by atoms with Gasteiger partial charge in [-0.15, -0.1) is 11.3 Å². The first kappa shape index (κ1) is 17.2. The minimum absolute atomic E-state index is 0.0650. The van der Waals surface area contributed by atoms with Crippen LogP contribution in [0.1, 0.15) is 44.9 Å². The van der Waals surface area contributed by atoms with Gasteiger partial charge in [-0.05, 0) is 25.0 Å². The minimum Gasteiger partial charge on any atom is -0.352 e. The summed E-state index contributed by atoms with van der Waals surface area (Å²) < 4.78 is 1.99. The predicted molar refractivity (Wildman–Crippen MR) is 105 cm³/mol. The molecule has 3 aromatic rings. The molecule has 0 saturated heterocycles. The highest BCUT2D eigenvalue weighted by molar-refractivity contribution is 7.07. The highest BCUT2D eigenvalue weighted by Crippen LogP contribution is 2.24. The molecule has 4 rings (SSSR count). The molecular formula is C20H24N4OS. The highest BCUT2D eigenvalue weighted by Gasteiger charge is 2.18. The maximum Gasteiger partial charge on any atom is 0.240 e. The lowest BCUT2D eigenvalue weighted by Gasteiger charge is -2.21. The van der Waals surface area contributed by atoms with E-state index in [1.165, 1.54) is 43.4 Å². The van der Waals surface area contributed by atoms with Crippen LogP contribution in [0.5, 0.6) is 0 Å². The largest absolute Gasteiger partial charge is 0.352 e. The molecule has 0 bridgehead atoms. The summed E-state index contributed by atoms with van der Waals surface area (Å²) in [5, 5.41) is 5.23. The van der Waals surface area contributed by atoms with Crippen molar-refractivity contribution >= 4 is 28.3 Å². The molecule has 0 aliphatic heterocycles. The van der Waals surface area contributed by atoms with Gasteiger partial charge in [0.25, 0.3) is 0 Å². The third-order valence-electron chi connectivity index (χ3n) is 5.09. The Labute approximate surface area is 157 Å². The first-order chi connectivity index (χ1) is 12.8. The lowest BCUT2D eigenvalue weighted by molar-refractivity contribution is -0.122. The fourth-order valence-electron chi connectivity index (χ4n) is 3.77. The highest BCUT2D eigenvalue weighted by atomic mass is 32.1. The van der Waals surface area contributed by atoms with Crippen LogP contribution in [0, 0.1) is 0 Å². The molecule has 1 amide bonds. The number of nitrogens with one attached hydrogen (secondary N) is 1.